The number of halogens is 1. The fourth-order valence-corrected chi connectivity index (χ4v) is 3.27. The van der Waals surface area contributed by atoms with Crippen molar-refractivity contribution in [1.29, 1.82) is 0 Å². The van der Waals surface area contributed by atoms with Crippen molar-refractivity contribution >= 4 is 34.5 Å². The zero-order valence-corrected chi connectivity index (χ0v) is 12.2. The molecule has 0 bridgehead atoms. The standard InChI is InChI=1S/C17H13FO2S/c1-10-14(6-11-4-5-21-9-11)13-3-2-12(18)7-16(13)15(10)8-17(19)20/h2-7,9H,8H2,1H3,(H,19,20)/b14-6+. The van der Waals surface area contributed by atoms with Crippen molar-refractivity contribution in [3.05, 3.63) is 63.1 Å². The van der Waals surface area contributed by atoms with E-state index in [0.717, 1.165) is 22.3 Å². The van der Waals surface area contributed by atoms with Crippen LogP contribution in [0.15, 0.2) is 40.6 Å². The molecule has 0 spiro atoms. The van der Waals surface area contributed by atoms with Gasteiger partial charge >= 0.3 is 5.97 Å². The number of benzene rings is 1. The second-order valence-electron chi connectivity index (χ2n) is 4.98. The zero-order valence-electron chi connectivity index (χ0n) is 11.4. The van der Waals surface area contributed by atoms with Crippen molar-refractivity contribution in [2.45, 2.75) is 13.3 Å². The molecule has 0 unspecified atom stereocenters. The number of allylic oxidation sites excluding steroid dienone is 2. The maximum absolute atomic E-state index is 13.5. The highest BCUT2D eigenvalue weighted by Crippen LogP contribution is 2.43. The van der Waals surface area contributed by atoms with E-state index in [9.17, 15) is 9.18 Å². The molecule has 0 saturated carbocycles. The Bertz CT molecular complexity index is 770. The summed E-state index contributed by atoms with van der Waals surface area (Å²) in [5.74, 6) is -1.25. The largest absolute Gasteiger partial charge is 0.481 e. The van der Waals surface area contributed by atoms with Gasteiger partial charge < -0.3 is 5.11 Å². The quantitative estimate of drug-likeness (QED) is 0.893. The molecule has 1 heterocycles. The van der Waals surface area contributed by atoms with Gasteiger partial charge in [-0.15, -0.1) is 0 Å². The molecule has 1 N–H and O–H groups in total. The van der Waals surface area contributed by atoms with Crippen LogP contribution in [0.5, 0.6) is 0 Å². The Balaban J connectivity index is 2.18. The lowest BCUT2D eigenvalue weighted by atomic mass is 10.0. The van der Waals surface area contributed by atoms with Gasteiger partial charge in [-0.25, -0.2) is 4.39 Å². The Morgan fingerprint density at radius 2 is 2.14 bits per heavy atom. The van der Waals surface area contributed by atoms with Gasteiger partial charge in [-0.3, -0.25) is 4.79 Å². The molecule has 0 fully saturated rings. The summed E-state index contributed by atoms with van der Waals surface area (Å²) in [6.07, 6.45) is 1.93. The third kappa shape index (κ3) is 2.54. The summed E-state index contributed by atoms with van der Waals surface area (Å²) in [7, 11) is 0. The molecule has 0 amide bonds. The maximum atomic E-state index is 13.5. The van der Waals surface area contributed by atoms with Crippen molar-refractivity contribution in [2.75, 3.05) is 0 Å². The van der Waals surface area contributed by atoms with Crippen LogP contribution in [-0.2, 0) is 4.79 Å². The fraction of sp³-hybridized carbons (Fsp3) is 0.118. The molecule has 0 atom stereocenters. The number of carbonyl (C=O) groups is 1. The highest BCUT2D eigenvalue weighted by molar-refractivity contribution is 7.08. The van der Waals surface area contributed by atoms with Crippen LogP contribution >= 0.6 is 11.3 Å². The smallest absolute Gasteiger partial charge is 0.307 e. The Hall–Kier alpha value is -2.20. The maximum Gasteiger partial charge on any atom is 0.307 e. The SMILES string of the molecule is CC1=C(CC(=O)O)c2cc(F)ccc2/C1=C/c1ccsc1. The van der Waals surface area contributed by atoms with Gasteiger partial charge in [-0.1, -0.05) is 6.07 Å². The van der Waals surface area contributed by atoms with Crippen LogP contribution in [0.4, 0.5) is 4.39 Å². The number of carboxylic acids is 1. The molecule has 106 valence electrons. The summed E-state index contributed by atoms with van der Waals surface area (Å²) in [5.41, 5.74) is 5.23. The fourth-order valence-electron chi connectivity index (χ4n) is 2.66. The van der Waals surface area contributed by atoms with E-state index < -0.39 is 5.97 Å². The summed E-state index contributed by atoms with van der Waals surface area (Å²) in [6.45, 7) is 1.90. The van der Waals surface area contributed by atoms with Gasteiger partial charge in [0, 0.05) is 0 Å². The van der Waals surface area contributed by atoms with E-state index in [-0.39, 0.29) is 12.2 Å². The Morgan fingerprint density at radius 1 is 1.33 bits per heavy atom. The van der Waals surface area contributed by atoms with Gasteiger partial charge in [0.25, 0.3) is 0 Å². The van der Waals surface area contributed by atoms with Gasteiger partial charge in [0.05, 0.1) is 6.42 Å². The van der Waals surface area contributed by atoms with Crippen molar-refractivity contribution in [1.82, 2.24) is 0 Å². The molecule has 2 aromatic rings. The van der Waals surface area contributed by atoms with Crippen LogP contribution in [0.1, 0.15) is 30.0 Å². The van der Waals surface area contributed by atoms with Crippen LogP contribution in [0.25, 0.3) is 17.2 Å². The molecule has 3 rings (SSSR count). The number of aliphatic carboxylic acids is 1. The lowest BCUT2D eigenvalue weighted by molar-refractivity contribution is -0.135. The molecule has 1 aliphatic rings. The molecule has 2 nitrogen and oxygen atoms in total. The Morgan fingerprint density at radius 3 is 2.81 bits per heavy atom. The van der Waals surface area contributed by atoms with Crippen molar-refractivity contribution in [3.8, 4) is 0 Å². The predicted octanol–water partition coefficient (Wildman–Crippen LogP) is 4.69. The first-order valence-electron chi connectivity index (χ1n) is 6.52. The molecule has 1 aromatic heterocycles. The number of carboxylic acid groups (broad SMARTS) is 1. The van der Waals surface area contributed by atoms with Crippen LogP contribution in [0, 0.1) is 5.82 Å². The lowest BCUT2D eigenvalue weighted by Crippen LogP contribution is -1.97. The number of thiophene rings is 1. The highest BCUT2D eigenvalue weighted by atomic mass is 32.1. The average Bonchev–Trinajstić information content (AvgIpc) is 3.01. The first kappa shape index (κ1) is 13.8. The van der Waals surface area contributed by atoms with E-state index in [1.54, 1.807) is 17.4 Å². The first-order valence-corrected chi connectivity index (χ1v) is 7.46. The minimum Gasteiger partial charge on any atom is -0.481 e. The van der Waals surface area contributed by atoms with E-state index in [4.69, 9.17) is 5.11 Å². The zero-order chi connectivity index (χ0) is 15.0. The molecule has 1 aliphatic carbocycles. The third-order valence-electron chi connectivity index (χ3n) is 3.64. The summed E-state index contributed by atoms with van der Waals surface area (Å²) in [5, 5.41) is 13.1. The van der Waals surface area contributed by atoms with E-state index in [1.165, 1.54) is 12.1 Å². The third-order valence-corrected chi connectivity index (χ3v) is 4.34. The van der Waals surface area contributed by atoms with Gasteiger partial charge in [0.1, 0.15) is 5.82 Å². The second kappa shape index (κ2) is 5.30. The van der Waals surface area contributed by atoms with Crippen molar-refractivity contribution in [3.63, 3.8) is 0 Å². The summed E-state index contributed by atoms with van der Waals surface area (Å²) < 4.78 is 13.5. The minimum absolute atomic E-state index is 0.0940. The molecule has 1 aromatic carbocycles. The van der Waals surface area contributed by atoms with E-state index >= 15 is 0 Å². The van der Waals surface area contributed by atoms with Crippen LogP contribution in [0.2, 0.25) is 0 Å². The summed E-state index contributed by atoms with van der Waals surface area (Å²) in [6, 6.07) is 6.56. The average molecular weight is 300 g/mol. The molecule has 0 radical (unpaired) electrons. The summed E-state index contributed by atoms with van der Waals surface area (Å²) >= 11 is 1.60. The number of hydrogen-bond donors (Lipinski definition) is 1. The molecule has 0 saturated heterocycles. The van der Waals surface area contributed by atoms with Crippen LogP contribution in [0.3, 0.4) is 0 Å². The topological polar surface area (TPSA) is 37.3 Å². The van der Waals surface area contributed by atoms with Crippen molar-refractivity contribution in [2.24, 2.45) is 0 Å². The predicted molar refractivity (Wildman–Crippen MR) is 83.4 cm³/mol. The normalized spacial score (nSPS) is 15.6. The Kier molecular flexibility index (Phi) is 3.47. The molecule has 21 heavy (non-hydrogen) atoms. The van der Waals surface area contributed by atoms with E-state index in [2.05, 4.69) is 0 Å². The van der Waals surface area contributed by atoms with Gasteiger partial charge in [0.2, 0.25) is 0 Å². The number of rotatable bonds is 3. The summed E-state index contributed by atoms with van der Waals surface area (Å²) in [4.78, 5) is 11.1. The lowest BCUT2D eigenvalue weighted by Gasteiger charge is -2.03. The van der Waals surface area contributed by atoms with Crippen LogP contribution < -0.4 is 0 Å². The Labute approximate surface area is 125 Å². The molecule has 4 heteroatoms. The number of hydrogen-bond acceptors (Lipinski definition) is 2. The molecular weight excluding hydrogens is 287 g/mol. The van der Waals surface area contributed by atoms with E-state index in [1.807, 2.05) is 29.8 Å². The number of fused-ring (bicyclic) bond motifs is 1. The monoisotopic (exact) mass is 300 g/mol. The molecule has 0 aliphatic heterocycles. The molecular formula is C17H13FO2S. The van der Waals surface area contributed by atoms with Crippen LogP contribution in [-0.4, -0.2) is 11.1 Å². The highest BCUT2D eigenvalue weighted by Gasteiger charge is 2.25. The van der Waals surface area contributed by atoms with Gasteiger partial charge in [-0.05, 0) is 75.4 Å². The second-order valence-corrected chi connectivity index (χ2v) is 5.76. The van der Waals surface area contributed by atoms with E-state index in [0.29, 0.717) is 11.1 Å². The van der Waals surface area contributed by atoms with Gasteiger partial charge in [0.15, 0.2) is 0 Å². The minimum atomic E-state index is -0.906. The first-order chi connectivity index (χ1) is 10.1. The van der Waals surface area contributed by atoms with Crippen molar-refractivity contribution < 1.29 is 14.3 Å². The van der Waals surface area contributed by atoms with Gasteiger partial charge in [-0.2, -0.15) is 11.3 Å².